The van der Waals surface area contributed by atoms with E-state index >= 15 is 0 Å². The number of aryl methyl sites for hydroxylation is 3. The Morgan fingerprint density at radius 3 is 2.69 bits per heavy atom. The van der Waals surface area contributed by atoms with Crippen LogP contribution in [-0.2, 0) is 14.8 Å². The molecule has 0 bridgehead atoms. The Labute approximate surface area is 157 Å². The van der Waals surface area contributed by atoms with E-state index in [1.165, 1.54) is 4.31 Å². The van der Waals surface area contributed by atoms with Crippen molar-refractivity contribution in [3.63, 3.8) is 0 Å². The number of carbonyl (C=O) groups excluding carboxylic acids is 1. The van der Waals surface area contributed by atoms with E-state index in [0.29, 0.717) is 29.2 Å². The van der Waals surface area contributed by atoms with E-state index in [1.54, 1.807) is 32.0 Å². The third-order valence-corrected chi connectivity index (χ3v) is 6.88. The highest BCUT2D eigenvalue weighted by atomic mass is 35.5. The SMILES string of the molecule is Cc1cc(Cl)ccc1NC(=O)[C@H]1CCCN1S(=O)(=O)c1c(C)noc1C. The lowest BCUT2D eigenvalue weighted by Gasteiger charge is -2.23. The second-order valence-corrected chi connectivity index (χ2v) is 8.64. The van der Waals surface area contributed by atoms with Crippen molar-refractivity contribution in [1.29, 1.82) is 0 Å². The second kappa shape index (κ2) is 7.02. The molecule has 0 unspecified atom stereocenters. The predicted octanol–water partition coefficient (Wildman–Crippen LogP) is 3.05. The zero-order valence-electron chi connectivity index (χ0n) is 14.7. The largest absolute Gasteiger partial charge is 0.360 e. The van der Waals surface area contributed by atoms with E-state index in [1.807, 2.05) is 6.92 Å². The van der Waals surface area contributed by atoms with Crippen LogP contribution in [0.4, 0.5) is 5.69 Å². The number of hydrogen-bond donors (Lipinski definition) is 1. The van der Waals surface area contributed by atoms with Crippen LogP contribution in [0.5, 0.6) is 0 Å². The summed E-state index contributed by atoms with van der Waals surface area (Å²) in [6.45, 7) is 5.24. The highest BCUT2D eigenvalue weighted by molar-refractivity contribution is 7.89. The number of rotatable bonds is 4. The summed E-state index contributed by atoms with van der Waals surface area (Å²) >= 11 is 5.94. The number of nitrogens with one attached hydrogen (secondary N) is 1. The van der Waals surface area contributed by atoms with Crippen LogP contribution in [0.1, 0.15) is 29.9 Å². The number of nitrogens with zero attached hydrogens (tertiary/aromatic N) is 2. The first-order chi connectivity index (χ1) is 12.2. The number of benzene rings is 1. The second-order valence-electron chi connectivity index (χ2n) is 6.38. The van der Waals surface area contributed by atoms with Gasteiger partial charge in [0.2, 0.25) is 15.9 Å². The molecule has 0 spiro atoms. The third kappa shape index (κ3) is 3.36. The van der Waals surface area contributed by atoms with Gasteiger partial charge in [0.05, 0.1) is 0 Å². The molecule has 9 heteroatoms. The first-order valence-electron chi connectivity index (χ1n) is 8.23. The van der Waals surface area contributed by atoms with Crippen molar-refractivity contribution in [2.24, 2.45) is 0 Å². The Hall–Kier alpha value is -1.90. The normalized spacial score (nSPS) is 18.2. The number of carbonyl (C=O) groups is 1. The Balaban J connectivity index is 1.87. The molecule has 1 aromatic carbocycles. The van der Waals surface area contributed by atoms with Gasteiger partial charge >= 0.3 is 0 Å². The minimum atomic E-state index is -3.86. The van der Waals surface area contributed by atoms with Crippen molar-refractivity contribution >= 4 is 33.2 Å². The minimum absolute atomic E-state index is 0.0415. The Morgan fingerprint density at radius 1 is 1.35 bits per heavy atom. The van der Waals surface area contributed by atoms with Crippen LogP contribution in [0.3, 0.4) is 0 Å². The fourth-order valence-electron chi connectivity index (χ4n) is 3.23. The summed E-state index contributed by atoms with van der Waals surface area (Å²) in [6.07, 6.45) is 1.07. The van der Waals surface area contributed by atoms with Crippen LogP contribution in [0, 0.1) is 20.8 Å². The minimum Gasteiger partial charge on any atom is -0.360 e. The number of hydrogen-bond acceptors (Lipinski definition) is 5. The van der Waals surface area contributed by atoms with Crippen LogP contribution in [0.15, 0.2) is 27.6 Å². The van der Waals surface area contributed by atoms with Crippen molar-refractivity contribution in [2.45, 2.75) is 44.6 Å². The molecule has 140 valence electrons. The molecule has 1 N–H and O–H groups in total. The lowest BCUT2D eigenvalue weighted by molar-refractivity contribution is -0.119. The summed E-state index contributed by atoms with van der Waals surface area (Å²) in [5.41, 5.74) is 1.71. The van der Waals surface area contributed by atoms with Gasteiger partial charge in [-0.1, -0.05) is 16.8 Å². The van der Waals surface area contributed by atoms with E-state index in [-0.39, 0.29) is 23.1 Å². The van der Waals surface area contributed by atoms with Crippen molar-refractivity contribution in [1.82, 2.24) is 9.46 Å². The number of anilines is 1. The molecule has 0 saturated carbocycles. The predicted molar refractivity (Wildman–Crippen MR) is 97.7 cm³/mol. The topological polar surface area (TPSA) is 92.5 Å². The van der Waals surface area contributed by atoms with E-state index in [4.69, 9.17) is 16.1 Å². The molecule has 1 aliphatic rings. The monoisotopic (exact) mass is 397 g/mol. The van der Waals surface area contributed by atoms with Crippen LogP contribution in [0.25, 0.3) is 0 Å². The molecule has 26 heavy (non-hydrogen) atoms. The molecule has 3 rings (SSSR count). The lowest BCUT2D eigenvalue weighted by Crippen LogP contribution is -2.43. The molecular weight excluding hydrogens is 378 g/mol. The highest BCUT2D eigenvalue weighted by Crippen LogP contribution is 2.30. The molecule has 1 saturated heterocycles. The average molecular weight is 398 g/mol. The zero-order chi connectivity index (χ0) is 19.1. The van der Waals surface area contributed by atoms with Crippen molar-refractivity contribution in [3.05, 3.63) is 40.2 Å². The van der Waals surface area contributed by atoms with Gasteiger partial charge < -0.3 is 9.84 Å². The van der Waals surface area contributed by atoms with Gasteiger partial charge in [-0.3, -0.25) is 4.79 Å². The standard InChI is InChI=1S/C17H20ClN3O4S/c1-10-9-13(18)6-7-14(10)19-17(22)15-5-4-8-21(15)26(23,24)16-11(2)20-25-12(16)3/h6-7,9,15H,4-5,8H2,1-3H3,(H,19,22)/t15-/m1/s1. The van der Waals surface area contributed by atoms with Gasteiger partial charge in [0, 0.05) is 17.3 Å². The van der Waals surface area contributed by atoms with E-state index < -0.39 is 16.1 Å². The lowest BCUT2D eigenvalue weighted by atomic mass is 10.1. The number of sulfonamides is 1. The molecule has 1 amide bonds. The zero-order valence-corrected chi connectivity index (χ0v) is 16.3. The van der Waals surface area contributed by atoms with Gasteiger partial charge in [-0.2, -0.15) is 4.31 Å². The summed E-state index contributed by atoms with van der Waals surface area (Å²) in [4.78, 5) is 12.8. The molecule has 0 radical (unpaired) electrons. The van der Waals surface area contributed by atoms with Crippen LogP contribution >= 0.6 is 11.6 Å². The Kier molecular flexibility index (Phi) is 5.09. The van der Waals surface area contributed by atoms with Gasteiger partial charge in [0.15, 0.2) is 5.76 Å². The van der Waals surface area contributed by atoms with Crippen LogP contribution in [0.2, 0.25) is 5.02 Å². The first kappa shape index (κ1) is 18.9. The van der Waals surface area contributed by atoms with E-state index in [9.17, 15) is 13.2 Å². The summed E-state index contributed by atoms with van der Waals surface area (Å²) in [5, 5.41) is 7.10. The quantitative estimate of drug-likeness (QED) is 0.855. The summed E-state index contributed by atoms with van der Waals surface area (Å²) in [7, 11) is -3.86. The smallest absolute Gasteiger partial charge is 0.249 e. The molecular formula is C17H20ClN3O4S. The highest BCUT2D eigenvalue weighted by Gasteiger charge is 2.41. The number of amides is 1. The molecule has 1 aromatic heterocycles. The Morgan fingerprint density at radius 2 is 2.08 bits per heavy atom. The van der Waals surface area contributed by atoms with E-state index in [2.05, 4.69) is 10.5 Å². The van der Waals surface area contributed by atoms with Crippen molar-refractivity contribution in [3.8, 4) is 0 Å². The maximum atomic E-state index is 13.0. The maximum Gasteiger partial charge on any atom is 0.249 e. The van der Waals surface area contributed by atoms with Gasteiger partial charge in [0.25, 0.3) is 0 Å². The fraction of sp³-hybridized carbons (Fsp3) is 0.412. The summed E-state index contributed by atoms with van der Waals surface area (Å²) in [6, 6.07) is 4.35. The van der Waals surface area contributed by atoms with Gasteiger partial charge in [-0.25, -0.2) is 8.42 Å². The maximum absolute atomic E-state index is 13.0. The van der Waals surface area contributed by atoms with Crippen LogP contribution in [-0.4, -0.2) is 36.4 Å². The van der Waals surface area contributed by atoms with Crippen molar-refractivity contribution < 1.29 is 17.7 Å². The molecule has 1 aliphatic heterocycles. The fourth-order valence-corrected chi connectivity index (χ4v) is 5.41. The van der Waals surface area contributed by atoms with Gasteiger partial charge in [0.1, 0.15) is 16.6 Å². The van der Waals surface area contributed by atoms with E-state index in [0.717, 1.165) is 5.56 Å². The van der Waals surface area contributed by atoms with Gasteiger partial charge in [-0.15, -0.1) is 0 Å². The number of aromatic nitrogens is 1. The van der Waals surface area contributed by atoms with Crippen molar-refractivity contribution in [2.75, 3.05) is 11.9 Å². The third-order valence-electron chi connectivity index (χ3n) is 4.49. The molecule has 1 atom stereocenters. The molecule has 2 heterocycles. The summed E-state index contributed by atoms with van der Waals surface area (Å²) < 4.78 is 32.3. The molecule has 0 aliphatic carbocycles. The summed E-state index contributed by atoms with van der Waals surface area (Å²) in [5.74, 6) is -0.134. The number of halogens is 1. The van der Waals surface area contributed by atoms with Gasteiger partial charge in [-0.05, 0) is 57.4 Å². The molecule has 7 nitrogen and oxygen atoms in total. The average Bonchev–Trinajstić information content (AvgIpc) is 3.17. The Bertz CT molecular complexity index is 935. The molecule has 1 fully saturated rings. The first-order valence-corrected chi connectivity index (χ1v) is 10.1. The molecule has 2 aromatic rings. The van der Waals surface area contributed by atoms with Crippen LogP contribution < -0.4 is 5.32 Å².